The van der Waals surface area contributed by atoms with Crippen LogP contribution in [0, 0.1) is 5.92 Å². The van der Waals surface area contributed by atoms with E-state index in [-0.39, 0.29) is 20.7 Å². The molecule has 0 aliphatic carbocycles. The van der Waals surface area contributed by atoms with Gasteiger partial charge in [0, 0.05) is 10.3 Å². The van der Waals surface area contributed by atoms with E-state index < -0.39 is 0 Å². The molecule has 0 amide bonds. The topological polar surface area (TPSA) is 0 Å². The highest BCUT2D eigenvalue weighted by Gasteiger charge is 2.24. The maximum Gasteiger partial charge on any atom is 0.0146 e. The minimum absolute atomic E-state index is 0.147. The van der Waals surface area contributed by atoms with E-state index in [1.165, 1.54) is 21.1 Å². The van der Waals surface area contributed by atoms with Crippen LogP contribution < -0.4 is 0 Å². The Kier molecular flexibility index (Phi) is 4.69. The van der Waals surface area contributed by atoms with E-state index in [0.29, 0.717) is 11.8 Å². The van der Waals surface area contributed by atoms with Crippen LogP contribution in [0.1, 0.15) is 30.9 Å². The zero-order chi connectivity index (χ0) is 14.7. The molecule has 0 saturated heterocycles. The second-order valence-electron chi connectivity index (χ2n) is 5.77. The molecule has 2 aromatic carbocycles. The quantitative estimate of drug-likeness (QED) is 0.470. The Balaban J connectivity index is 2.12. The highest BCUT2D eigenvalue weighted by molar-refractivity contribution is 14.2. The molecule has 0 radical (unpaired) electrons. The van der Waals surface area contributed by atoms with Crippen LogP contribution in [0.4, 0.5) is 0 Å². The van der Waals surface area contributed by atoms with Crippen molar-refractivity contribution in [2.45, 2.75) is 19.8 Å². The van der Waals surface area contributed by atoms with Gasteiger partial charge in [-0.1, -0.05) is 80.1 Å². The molecule has 2 aromatic rings. The number of hydrogen-bond acceptors (Lipinski definition) is 0. The standard InChI is InChI=1S/C20H21I/c1-15(2)20-18(16-9-5-3-6-10-16)13-21-14-19(20)17-11-7-4-8-12-17/h3-13,15,19H,14H2,1-2H3. The summed E-state index contributed by atoms with van der Waals surface area (Å²) in [5.41, 5.74) is 6.01. The summed E-state index contributed by atoms with van der Waals surface area (Å²) in [6.07, 6.45) is 0. The lowest BCUT2D eigenvalue weighted by Gasteiger charge is -2.28. The summed E-state index contributed by atoms with van der Waals surface area (Å²) >= 11 is 0.147. The Labute approximate surface area is 137 Å². The van der Waals surface area contributed by atoms with E-state index in [0.717, 1.165) is 0 Å². The van der Waals surface area contributed by atoms with Crippen molar-refractivity contribution < 1.29 is 0 Å². The van der Waals surface area contributed by atoms with Crippen molar-refractivity contribution in [1.29, 1.82) is 0 Å². The Bertz CT molecular complexity index is 651. The lowest BCUT2D eigenvalue weighted by molar-refractivity contribution is 0.695. The van der Waals surface area contributed by atoms with Gasteiger partial charge in [0.2, 0.25) is 0 Å². The van der Waals surface area contributed by atoms with Crippen molar-refractivity contribution in [1.82, 2.24) is 0 Å². The van der Waals surface area contributed by atoms with Gasteiger partial charge in [0.05, 0.1) is 0 Å². The highest BCUT2D eigenvalue weighted by atomic mass is 127. The van der Waals surface area contributed by atoms with E-state index in [1.54, 1.807) is 5.57 Å². The van der Waals surface area contributed by atoms with Crippen LogP contribution in [0.25, 0.3) is 5.57 Å². The minimum Gasteiger partial charge on any atom is -0.121 e. The number of benzene rings is 2. The van der Waals surface area contributed by atoms with E-state index in [4.69, 9.17) is 0 Å². The molecule has 1 unspecified atom stereocenters. The third-order valence-corrected chi connectivity index (χ3v) is 6.48. The predicted octanol–water partition coefficient (Wildman–Crippen LogP) is 5.67. The molecule has 0 fully saturated rings. The Hall–Kier alpha value is -1.22. The van der Waals surface area contributed by atoms with Crippen molar-refractivity contribution in [2.75, 3.05) is 4.43 Å². The summed E-state index contributed by atoms with van der Waals surface area (Å²) in [5, 5.41) is 0. The molecular weight excluding hydrogens is 367 g/mol. The van der Waals surface area contributed by atoms with Gasteiger partial charge < -0.3 is 0 Å². The zero-order valence-electron chi connectivity index (χ0n) is 12.6. The normalized spacial score (nSPS) is 18.7. The fourth-order valence-electron chi connectivity index (χ4n) is 3.06. The van der Waals surface area contributed by atoms with Crippen LogP contribution in [0.15, 0.2) is 66.2 Å². The second kappa shape index (κ2) is 6.69. The molecule has 0 N–H and O–H groups in total. The van der Waals surface area contributed by atoms with E-state index >= 15 is 0 Å². The van der Waals surface area contributed by atoms with Crippen molar-refractivity contribution >= 4 is 30.3 Å². The van der Waals surface area contributed by atoms with Gasteiger partial charge in [-0.3, -0.25) is 0 Å². The van der Waals surface area contributed by atoms with Gasteiger partial charge in [0.25, 0.3) is 0 Å². The average Bonchev–Trinajstić information content (AvgIpc) is 2.55. The van der Waals surface area contributed by atoms with E-state index in [9.17, 15) is 0 Å². The molecule has 1 atom stereocenters. The molecule has 0 bridgehead atoms. The fourth-order valence-corrected chi connectivity index (χ4v) is 5.96. The predicted molar refractivity (Wildman–Crippen MR) is 102 cm³/mol. The molecule has 0 saturated carbocycles. The van der Waals surface area contributed by atoms with Gasteiger partial charge in [-0.25, -0.2) is 0 Å². The molecule has 3 rings (SSSR count). The zero-order valence-corrected chi connectivity index (χ0v) is 14.7. The summed E-state index contributed by atoms with van der Waals surface area (Å²) in [7, 11) is 0. The van der Waals surface area contributed by atoms with Gasteiger partial charge in [-0.05, 0) is 26.6 Å². The molecule has 108 valence electrons. The largest absolute Gasteiger partial charge is 0.121 e. The first kappa shape index (κ1) is 14.7. The summed E-state index contributed by atoms with van der Waals surface area (Å²) in [4.78, 5) is 0. The summed E-state index contributed by atoms with van der Waals surface area (Å²) in [6.45, 7) is 4.68. The fraction of sp³-hybridized carbons (Fsp3) is 0.250. The molecule has 0 spiro atoms. The van der Waals surface area contributed by atoms with E-state index in [2.05, 4.69) is 78.5 Å². The number of alkyl halides is 1. The maximum absolute atomic E-state index is 2.54. The first-order valence-electron chi connectivity index (χ1n) is 7.52. The SMILES string of the molecule is CC(C)C1=C(c2ccccc2)C=ICC1c1ccccc1. The Morgan fingerprint density at radius 3 is 2.14 bits per heavy atom. The van der Waals surface area contributed by atoms with Crippen molar-refractivity contribution in [3.05, 3.63) is 77.4 Å². The van der Waals surface area contributed by atoms with Crippen LogP contribution in [0.5, 0.6) is 0 Å². The number of halogens is 1. The van der Waals surface area contributed by atoms with Crippen LogP contribution in [0.3, 0.4) is 0 Å². The first-order valence-corrected chi connectivity index (χ1v) is 10.3. The molecule has 21 heavy (non-hydrogen) atoms. The first-order chi connectivity index (χ1) is 10.3. The van der Waals surface area contributed by atoms with Crippen molar-refractivity contribution in [3.63, 3.8) is 0 Å². The second-order valence-corrected chi connectivity index (χ2v) is 8.16. The summed E-state index contributed by atoms with van der Waals surface area (Å²) < 4.78 is 3.88. The number of rotatable bonds is 3. The van der Waals surface area contributed by atoms with Crippen LogP contribution in [0.2, 0.25) is 0 Å². The monoisotopic (exact) mass is 388 g/mol. The Morgan fingerprint density at radius 1 is 0.905 bits per heavy atom. The minimum atomic E-state index is 0.147. The lowest BCUT2D eigenvalue weighted by Crippen LogP contribution is -2.15. The summed E-state index contributed by atoms with van der Waals surface area (Å²) in [5.74, 6) is 1.20. The Morgan fingerprint density at radius 2 is 1.52 bits per heavy atom. The van der Waals surface area contributed by atoms with Crippen molar-refractivity contribution in [3.8, 4) is 0 Å². The van der Waals surface area contributed by atoms with E-state index in [1.807, 2.05) is 0 Å². The maximum atomic E-state index is 2.54. The van der Waals surface area contributed by atoms with Gasteiger partial charge in [-0.15, -0.1) is 20.7 Å². The third-order valence-electron chi connectivity index (χ3n) is 4.02. The molecule has 0 nitrogen and oxygen atoms in total. The summed E-state index contributed by atoms with van der Waals surface area (Å²) in [6, 6.07) is 22.0. The smallest absolute Gasteiger partial charge is 0.0146 e. The third kappa shape index (κ3) is 3.18. The molecule has 1 heterocycles. The van der Waals surface area contributed by atoms with Gasteiger partial charge in [-0.2, -0.15) is 0 Å². The molecule has 1 aliphatic heterocycles. The van der Waals surface area contributed by atoms with Crippen LogP contribution in [-0.2, 0) is 0 Å². The van der Waals surface area contributed by atoms with Crippen LogP contribution in [-0.4, -0.2) is 8.44 Å². The number of hydrogen-bond donors (Lipinski definition) is 0. The van der Waals surface area contributed by atoms with Crippen LogP contribution >= 0.6 is 20.7 Å². The van der Waals surface area contributed by atoms with Crippen molar-refractivity contribution in [2.24, 2.45) is 5.92 Å². The molecule has 1 aliphatic rings. The lowest BCUT2D eigenvalue weighted by atomic mass is 9.81. The molecule has 1 heteroatoms. The number of allylic oxidation sites excluding steroid dienone is 2. The molecular formula is C20H21I. The van der Waals surface area contributed by atoms with Gasteiger partial charge in [0.15, 0.2) is 0 Å². The van der Waals surface area contributed by atoms with Gasteiger partial charge >= 0.3 is 0 Å². The van der Waals surface area contributed by atoms with Gasteiger partial charge in [0.1, 0.15) is 0 Å². The molecule has 0 aromatic heterocycles. The average molecular weight is 388 g/mol. The highest BCUT2D eigenvalue weighted by Crippen LogP contribution is 2.40.